The molecule has 0 aliphatic heterocycles. The molecule has 4 unspecified atom stereocenters. The van der Waals surface area contributed by atoms with Crippen molar-refractivity contribution in [2.24, 2.45) is 23.2 Å². The Kier molecular flexibility index (Phi) is 4.04. The van der Waals surface area contributed by atoms with Gasteiger partial charge in [0, 0.05) is 0 Å². The van der Waals surface area contributed by atoms with E-state index in [1.807, 2.05) is 0 Å². The van der Waals surface area contributed by atoms with Gasteiger partial charge in [0.2, 0.25) is 0 Å². The van der Waals surface area contributed by atoms with Crippen molar-refractivity contribution in [3.05, 3.63) is 0 Å². The summed E-state index contributed by atoms with van der Waals surface area (Å²) in [6.07, 6.45) is 7.05. The van der Waals surface area contributed by atoms with Crippen LogP contribution in [0.2, 0.25) is 0 Å². The molecule has 0 aromatic heterocycles. The molecule has 1 saturated carbocycles. The van der Waals surface area contributed by atoms with Crippen molar-refractivity contribution in [2.75, 3.05) is 0 Å². The van der Waals surface area contributed by atoms with Gasteiger partial charge in [-0.15, -0.1) is 0 Å². The van der Waals surface area contributed by atoms with Gasteiger partial charge in [0.05, 0.1) is 0 Å². The molecule has 14 heavy (non-hydrogen) atoms. The molecule has 1 rings (SSSR count). The van der Waals surface area contributed by atoms with Crippen LogP contribution < -0.4 is 0 Å². The van der Waals surface area contributed by atoms with Crippen molar-refractivity contribution in [1.82, 2.24) is 0 Å². The fourth-order valence-corrected chi connectivity index (χ4v) is 3.52. The van der Waals surface area contributed by atoms with Crippen LogP contribution >= 0.6 is 0 Å². The van der Waals surface area contributed by atoms with Gasteiger partial charge in [-0.25, -0.2) is 0 Å². The fourth-order valence-electron chi connectivity index (χ4n) is 3.52. The predicted molar refractivity (Wildman–Crippen MR) is 64.4 cm³/mol. The second-order valence-corrected chi connectivity index (χ2v) is 5.58. The summed E-state index contributed by atoms with van der Waals surface area (Å²) in [5.41, 5.74) is 0.699. The predicted octanol–water partition coefficient (Wildman–Crippen LogP) is 4.89. The summed E-state index contributed by atoms with van der Waals surface area (Å²) in [5, 5.41) is 0. The van der Waals surface area contributed by atoms with Crippen LogP contribution in [0.5, 0.6) is 0 Å². The Labute approximate surface area is 90.5 Å². The SMILES string of the molecule is CCCC(CC)C(CC)C1(C)CC1C. The third-order valence-electron chi connectivity index (χ3n) is 4.75. The fraction of sp³-hybridized carbons (Fsp3) is 1.00. The summed E-state index contributed by atoms with van der Waals surface area (Å²) < 4.78 is 0. The molecule has 1 fully saturated rings. The summed E-state index contributed by atoms with van der Waals surface area (Å²) in [6.45, 7) is 12.0. The highest BCUT2D eigenvalue weighted by Gasteiger charge is 2.52. The molecule has 0 bridgehead atoms. The molecule has 0 aromatic carbocycles. The minimum absolute atomic E-state index is 0.699. The van der Waals surface area contributed by atoms with E-state index in [1.54, 1.807) is 0 Å². The lowest BCUT2D eigenvalue weighted by molar-refractivity contribution is 0.183. The first-order valence-electron chi connectivity index (χ1n) is 6.60. The number of hydrogen-bond acceptors (Lipinski definition) is 0. The maximum Gasteiger partial charge on any atom is -0.0266 e. The maximum absolute atomic E-state index is 2.52. The summed E-state index contributed by atoms with van der Waals surface area (Å²) in [6, 6.07) is 0. The summed E-state index contributed by atoms with van der Waals surface area (Å²) in [7, 11) is 0. The van der Waals surface area contributed by atoms with Gasteiger partial charge in [0.25, 0.3) is 0 Å². The van der Waals surface area contributed by atoms with E-state index < -0.39 is 0 Å². The van der Waals surface area contributed by atoms with Crippen LogP contribution in [0, 0.1) is 23.2 Å². The van der Waals surface area contributed by atoms with E-state index >= 15 is 0 Å². The Morgan fingerprint density at radius 3 is 2.07 bits per heavy atom. The van der Waals surface area contributed by atoms with E-state index in [-0.39, 0.29) is 0 Å². The monoisotopic (exact) mass is 196 g/mol. The molecule has 4 atom stereocenters. The topological polar surface area (TPSA) is 0 Å². The van der Waals surface area contributed by atoms with Crippen molar-refractivity contribution in [1.29, 1.82) is 0 Å². The van der Waals surface area contributed by atoms with Crippen molar-refractivity contribution in [3.8, 4) is 0 Å². The van der Waals surface area contributed by atoms with Crippen molar-refractivity contribution < 1.29 is 0 Å². The lowest BCUT2D eigenvalue weighted by atomic mass is 9.74. The lowest BCUT2D eigenvalue weighted by Gasteiger charge is -2.31. The Balaban J connectivity index is 2.60. The van der Waals surface area contributed by atoms with Gasteiger partial charge in [0.15, 0.2) is 0 Å². The largest absolute Gasteiger partial charge is 0.0654 e. The van der Waals surface area contributed by atoms with Crippen molar-refractivity contribution >= 4 is 0 Å². The molecule has 0 aromatic rings. The van der Waals surface area contributed by atoms with Gasteiger partial charge in [-0.3, -0.25) is 0 Å². The summed E-state index contributed by atoms with van der Waals surface area (Å²) in [5.74, 6) is 2.96. The van der Waals surface area contributed by atoms with Crippen LogP contribution in [0.1, 0.15) is 66.7 Å². The Morgan fingerprint density at radius 2 is 1.79 bits per heavy atom. The standard InChI is InChI=1S/C14H28/c1-6-9-12(7-2)13(8-3)14(5)10-11(14)4/h11-13H,6-10H2,1-5H3. The van der Waals surface area contributed by atoms with Gasteiger partial charge in [-0.1, -0.05) is 60.3 Å². The lowest BCUT2D eigenvalue weighted by Crippen LogP contribution is -2.23. The van der Waals surface area contributed by atoms with Crippen LogP contribution in [0.4, 0.5) is 0 Å². The van der Waals surface area contributed by atoms with Gasteiger partial charge in [-0.2, -0.15) is 0 Å². The van der Waals surface area contributed by atoms with Crippen LogP contribution in [0.25, 0.3) is 0 Å². The van der Waals surface area contributed by atoms with Crippen LogP contribution in [0.3, 0.4) is 0 Å². The van der Waals surface area contributed by atoms with Crippen molar-refractivity contribution in [3.63, 3.8) is 0 Å². The average Bonchev–Trinajstić information content (AvgIpc) is 2.75. The second-order valence-electron chi connectivity index (χ2n) is 5.58. The van der Waals surface area contributed by atoms with E-state index in [9.17, 15) is 0 Å². The Bertz CT molecular complexity index is 173. The molecule has 0 N–H and O–H groups in total. The minimum Gasteiger partial charge on any atom is -0.0654 e. The highest BCUT2D eigenvalue weighted by molar-refractivity contribution is 5.01. The second kappa shape index (κ2) is 4.68. The molecular weight excluding hydrogens is 168 g/mol. The molecular formula is C14H28. The molecule has 0 saturated heterocycles. The van der Waals surface area contributed by atoms with Crippen molar-refractivity contribution in [2.45, 2.75) is 66.7 Å². The molecule has 0 spiro atoms. The highest BCUT2D eigenvalue weighted by atomic mass is 14.6. The van der Waals surface area contributed by atoms with E-state index in [0.717, 1.165) is 17.8 Å². The van der Waals surface area contributed by atoms with Gasteiger partial charge in [-0.05, 0) is 29.6 Å². The molecule has 1 aliphatic carbocycles. The molecule has 0 radical (unpaired) electrons. The van der Waals surface area contributed by atoms with Gasteiger partial charge >= 0.3 is 0 Å². The van der Waals surface area contributed by atoms with E-state index in [2.05, 4.69) is 34.6 Å². The normalized spacial score (nSPS) is 35.4. The summed E-state index contributed by atoms with van der Waals surface area (Å²) >= 11 is 0. The third-order valence-corrected chi connectivity index (χ3v) is 4.75. The first-order valence-corrected chi connectivity index (χ1v) is 6.60. The average molecular weight is 196 g/mol. The van der Waals surface area contributed by atoms with Gasteiger partial charge in [0.1, 0.15) is 0 Å². The Morgan fingerprint density at radius 1 is 1.21 bits per heavy atom. The van der Waals surface area contributed by atoms with Crippen LogP contribution in [0.15, 0.2) is 0 Å². The third kappa shape index (κ3) is 2.15. The molecule has 0 amide bonds. The number of hydrogen-bond donors (Lipinski definition) is 0. The minimum atomic E-state index is 0.699. The van der Waals surface area contributed by atoms with Crippen LogP contribution in [-0.2, 0) is 0 Å². The molecule has 0 nitrogen and oxygen atoms in total. The molecule has 84 valence electrons. The first kappa shape index (κ1) is 12.1. The first-order chi connectivity index (χ1) is 6.60. The molecule has 0 heteroatoms. The van der Waals surface area contributed by atoms with E-state index in [4.69, 9.17) is 0 Å². The smallest absolute Gasteiger partial charge is 0.0266 e. The highest BCUT2D eigenvalue weighted by Crippen LogP contribution is 2.60. The number of rotatable bonds is 6. The quantitative estimate of drug-likeness (QED) is 0.567. The van der Waals surface area contributed by atoms with Gasteiger partial charge < -0.3 is 0 Å². The zero-order valence-electron chi connectivity index (χ0n) is 10.8. The molecule has 0 heterocycles. The molecule has 1 aliphatic rings. The summed E-state index contributed by atoms with van der Waals surface area (Å²) in [4.78, 5) is 0. The zero-order valence-corrected chi connectivity index (χ0v) is 10.8. The zero-order chi connectivity index (χ0) is 10.8. The Hall–Kier alpha value is 0. The van der Waals surface area contributed by atoms with E-state index in [0.29, 0.717) is 5.41 Å². The van der Waals surface area contributed by atoms with E-state index in [1.165, 1.54) is 32.1 Å². The maximum atomic E-state index is 2.52. The van der Waals surface area contributed by atoms with Crippen LogP contribution in [-0.4, -0.2) is 0 Å².